The fraction of sp³-hybridized carbons (Fsp3) is 0.538. The van der Waals surface area contributed by atoms with Gasteiger partial charge in [-0.1, -0.05) is 41.9 Å². The summed E-state index contributed by atoms with van der Waals surface area (Å²) in [5, 5.41) is 10.5. The van der Waals surface area contributed by atoms with E-state index >= 15 is 0 Å². The minimum Gasteiger partial charge on any atom is -0.383 e. The molecule has 0 bridgehead atoms. The molecule has 0 heterocycles. The zero-order valence-corrected chi connectivity index (χ0v) is 11.5. The number of aliphatic hydroxyl groups is 1. The Morgan fingerprint density at radius 3 is 2.69 bits per heavy atom. The van der Waals surface area contributed by atoms with Crippen LogP contribution in [0.1, 0.15) is 32.3 Å². The summed E-state index contributed by atoms with van der Waals surface area (Å²) in [5.74, 6) is 0. The van der Waals surface area contributed by atoms with Crippen LogP contribution in [-0.4, -0.2) is 18.3 Å². The predicted octanol–water partition coefficient (Wildman–Crippen LogP) is 3.47. The van der Waals surface area contributed by atoms with E-state index in [1.807, 2.05) is 31.2 Å². The molecule has 1 aromatic carbocycles. The topological polar surface area (TPSA) is 29.5 Å². The van der Waals surface area contributed by atoms with Gasteiger partial charge in [0.1, 0.15) is 5.60 Å². The Balaban J connectivity index is 2.78. The minimum absolute atomic E-state index is 0.355. The largest absolute Gasteiger partial charge is 0.383 e. The van der Waals surface area contributed by atoms with Gasteiger partial charge in [-0.05, 0) is 30.5 Å². The standard InChI is InChI=1S/C13H19BrO2/c1-3-8-16-10-13(15,4-2)11-6-5-7-12(14)9-11/h5-7,9,15H,3-4,8,10H2,1-2H3. The van der Waals surface area contributed by atoms with Crippen LogP contribution in [0.3, 0.4) is 0 Å². The summed E-state index contributed by atoms with van der Waals surface area (Å²) in [6.07, 6.45) is 1.62. The van der Waals surface area contributed by atoms with Gasteiger partial charge < -0.3 is 9.84 Å². The van der Waals surface area contributed by atoms with Crippen molar-refractivity contribution < 1.29 is 9.84 Å². The van der Waals surface area contributed by atoms with E-state index in [-0.39, 0.29) is 0 Å². The van der Waals surface area contributed by atoms with Crippen LogP contribution in [0.25, 0.3) is 0 Å². The van der Waals surface area contributed by atoms with E-state index in [0.29, 0.717) is 19.6 Å². The second-order valence-electron chi connectivity index (χ2n) is 3.95. The number of hydrogen-bond donors (Lipinski definition) is 1. The molecule has 90 valence electrons. The maximum Gasteiger partial charge on any atom is 0.113 e. The quantitative estimate of drug-likeness (QED) is 0.812. The summed E-state index contributed by atoms with van der Waals surface area (Å²) >= 11 is 3.41. The van der Waals surface area contributed by atoms with Gasteiger partial charge in [0.15, 0.2) is 0 Å². The molecule has 0 aliphatic rings. The van der Waals surface area contributed by atoms with Gasteiger partial charge in [-0.25, -0.2) is 0 Å². The van der Waals surface area contributed by atoms with Gasteiger partial charge in [0.25, 0.3) is 0 Å². The maximum absolute atomic E-state index is 10.5. The van der Waals surface area contributed by atoms with E-state index in [1.165, 1.54) is 0 Å². The van der Waals surface area contributed by atoms with Crippen LogP contribution >= 0.6 is 15.9 Å². The van der Waals surface area contributed by atoms with Crippen molar-refractivity contribution in [2.75, 3.05) is 13.2 Å². The lowest BCUT2D eigenvalue weighted by Crippen LogP contribution is -2.31. The molecule has 0 aromatic heterocycles. The molecular formula is C13H19BrO2. The molecule has 0 saturated heterocycles. The molecule has 0 aliphatic heterocycles. The molecule has 1 N–H and O–H groups in total. The first-order valence-electron chi connectivity index (χ1n) is 5.68. The summed E-state index contributed by atoms with van der Waals surface area (Å²) in [5.41, 5.74) is 0.0272. The van der Waals surface area contributed by atoms with Gasteiger partial charge in [0, 0.05) is 11.1 Å². The Morgan fingerprint density at radius 2 is 2.12 bits per heavy atom. The zero-order valence-electron chi connectivity index (χ0n) is 9.87. The van der Waals surface area contributed by atoms with E-state index in [9.17, 15) is 5.11 Å². The molecule has 1 rings (SSSR count). The van der Waals surface area contributed by atoms with E-state index in [0.717, 1.165) is 16.5 Å². The van der Waals surface area contributed by atoms with Crippen LogP contribution in [0.15, 0.2) is 28.7 Å². The van der Waals surface area contributed by atoms with Crippen LogP contribution in [-0.2, 0) is 10.3 Å². The van der Waals surface area contributed by atoms with Crippen molar-refractivity contribution in [3.63, 3.8) is 0 Å². The average molecular weight is 287 g/mol. The molecule has 0 fully saturated rings. The highest BCUT2D eigenvalue weighted by Crippen LogP contribution is 2.27. The monoisotopic (exact) mass is 286 g/mol. The van der Waals surface area contributed by atoms with Crippen molar-refractivity contribution in [1.29, 1.82) is 0 Å². The van der Waals surface area contributed by atoms with Crippen molar-refractivity contribution in [2.24, 2.45) is 0 Å². The van der Waals surface area contributed by atoms with Gasteiger partial charge in [0.05, 0.1) is 6.61 Å². The molecule has 0 amide bonds. The summed E-state index contributed by atoms with van der Waals surface area (Å²) in [6.45, 7) is 5.07. The average Bonchev–Trinajstić information content (AvgIpc) is 2.29. The fourth-order valence-corrected chi connectivity index (χ4v) is 1.95. The number of halogens is 1. The molecule has 1 unspecified atom stereocenters. The molecule has 0 saturated carbocycles. The summed E-state index contributed by atoms with van der Waals surface area (Å²) in [6, 6.07) is 7.76. The normalized spacial score (nSPS) is 14.8. The van der Waals surface area contributed by atoms with Crippen molar-refractivity contribution in [1.82, 2.24) is 0 Å². The van der Waals surface area contributed by atoms with Crippen molar-refractivity contribution >= 4 is 15.9 Å². The number of ether oxygens (including phenoxy) is 1. The Bertz CT molecular complexity index is 327. The highest BCUT2D eigenvalue weighted by molar-refractivity contribution is 9.10. The second kappa shape index (κ2) is 6.38. The zero-order chi connectivity index (χ0) is 12.0. The maximum atomic E-state index is 10.5. The van der Waals surface area contributed by atoms with E-state index in [4.69, 9.17) is 4.74 Å². The van der Waals surface area contributed by atoms with E-state index in [2.05, 4.69) is 22.9 Å². The third-order valence-electron chi connectivity index (χ3n) is 2.64. The molecular weight excluding hydrogens is 268 g/mol. The highest BCUT2D eigenvalue weighted by atomic mass is 79.9. The van der Waals surface area contributed by atoms with Gasteiger partial charge in [-0.15, -0.1) is 0 Å². The van der Waals surface area contributed by atoms with E-state index < -0.39 is 5.60 Å². The molecule has 3 heteroatoms. The lowest BCUT2D eigenvalue weighted by molar-refractivity contribution is -0.0534. The molecule has 1 aromatic rings. The Hall–Kier alpha value is -0.380. The summed E-state index contributed by atoms with van der Waals surface area (Å²) in [7, 11) is 0. The first-order valence-corrected chi connectivity index (χ1v) is 6.48. The Labute approximate surface area is 106 Å². The van der Waals surface area contributed by atoms with Crippen molar-refractivity contribution in [3.05, 3.63) is 34.3 Å². The van der Waals surface area contributed by atoms with Crippen LogP contribution in [0.4, 0.5) is 0 Å². The first kappa shape index (κ1) is 13.7. The second-order valence-corrected chi connectivity index (χ2v) is 4.86. The van der Waals surface area contributed by atoms with Crippen LogP contribution in [0.2, 0.25) is 0 Å². The summed E-state index contributed by atoms with van der Waals surface area (Å²) in [4.78, 5) is 0. The van der Waals surface area contributed by atoms with Crippen LogP contribution < -0.4 is 0 Å². The molecule has 1 atom stereocenters. The number of benzene rings is 1. The lowest BCUT2D eigenvalue weighted by Gasteiger charge is -2.27. The minimum atomic E-state index is -0.876. The van der Waals surface area contributed by atoms with E-state index in [1.54, 1.807) is 0 Å². The molecule has 16 heavy (non-hydrogen) atoms. The first-order chi connectivity index (χ1) is 7.62. The van der Waals surface area contributed by atoms with Gasteiger partial charge in [0.2, 0.25) is 0 Å². The predicted molar refractivity (Wildman–Crippen MR) is 69.4 cm³/mol. The number of hydrogen-bond acceptors (Lipinski definition) is 2. The van der Waals surface area contributed by atoms with Crippen LogP contribution in [0, 0.1) is 0 Å². The van der Waals surface area contributed by atoms with Gasteiger partial charge >= 0.3 is 0 Å². The third kappa shape index (κ3) is 3.58. The molecule has 0 spiro atoms. The highest BCUT2D eigenvalue weighted by Gasteiger charge is 2.27. The van der Waals surface area contributed by atoms with Crippen LogP contribution in [0.5, 0.6) is 0 Å². The molecule has 0 aliphatic carbocycles. The Kier molecular flexibility index (Phi) is 5.46. The number of rotatable bonds is 6. The fourth-order valence-electron chi connectivity index (χ4n) is 1.55. The molecule has 0 radical (unpaired) electrons. The van der Waals surface area contributed by atoms with Gasteiger partial charge in [-0.2, -0.15) is 0 Å². The summed E-state index contributed by atoms with van der Waals surface area (Å²) < 4.78 is 6.45. The lowest BCUT2D eigenvalue weighted by atomic mass is 9.92. The third-order valence-corrected chi connectivity index (χ3v) is 3.13. The SMILES string of the molecule is CCCOCC(O)(CC)c1cccc(Br)c1. The Morgan fingerprint density at radius 1 is 1.38 bits per heavy atom. The smallest absolute Gasteiger partial charge is 0.113 e. The van der Waals surface area contributed by atoms with Crippen molar-refractivity contribution in [3.8, 4) is 0 Å². The van der Waals surface area contributed by atoms with Gasteiger partial charge in [-0.3, -0.25) is 0 Å². The molecule has 2 nitrogen and oxygen atoms in total. The van der Waals surface area contributed by atoms with Crippen molar-refractivity contribution in [2.45, 2.75) is 32.3 Å².